The molecule has 1 heteroatoms. The van der Waals surface area contributed by atoms with Gasteiger partial charge in [-0.15, -0.1) is 13.2 Å². The van der Waals surface area contributed by atoms with Crippen LogP contribution in [-0.2, 0) is 4.74 Å². The van der Waals surface area contributed by atoms with Gasteiger partial charge in [-0.2, -0.15) is 0 Å². The number of hydrogen-bond acceptors (Lipinski definition) is 1. The highest BCUT2D eigenvalue weighted by Gasteiger charge is 1.79. The van der Waals surface area contributed by atoms with Crippen molar-refractivity contribution in [3.05, 3.63) is 74.8 Å². The second kappa shape index (κ2) is 20.6. The van der Waals surface area contributed by atoms with Crippen LogP contribution in [0.15, 0.2) is 74.8 Å². The van der Waals surface area contributed by atoms with Gasteiger partial charge in [-0.25, -0.2) is 0 Å². The number of hydrogen-bond donors (Lipinski definition) is 0. The Morgan fingerprint density at radius 1 is 1.11 bits per heavy atom. The molecule has 0 spiro atoms. The second-order valence-corrected chi connectivity index (χ2v) is 2.98. The lowest BCUT2D eigenvalue weighted by Crippen LogP contribution is -1.75. The van der Waals surface area contributed by atoms with Gasteiger partial charge in [0.2, 0.25) is 0 Å². The highest BCUT2D eigenvalue weighted by molar-refractivity contribution is 5.13. The standard InChI is InChI=1S/C9H12O.C6H10.C2H6/c1-4-6-7-9(3)10-8-5-2;1-4-6(3)5-2;1-2/h4-8H,1,3H2,2H3;4-6H,1-2H2,3H3;1-2H3/b7-6-,8-5+;;. The summed E-state index contributed by atoms with van der Waals surface area (Å²) in [5, 5.41) is 0. The lowest BCUT2D eigenvalue weighted by atomic mass is 10.2. The van der Waals surface area contributed by atoms with E-state index in [-0.39, 0.29) is 0 Å². The van der Waals surface area contributed by atoms with E-state index in [9.17, 15) is 0 Å². The van der Waals surface area contributed by atoms with Crippen molar-refractivity contribution in [1.82, 2.24) is 0 Å². The lowest BCUT2D eigenvalue weighted by molar-refractivity contribution is 0.370. The average molecular weight is 248 g/mol. The zero-order valence-electron chi connectivity index (χ0n) is 12.4. The molecule has 0 N–H and O–H groups in total. The molecule has 0 fully saturated rings. The van der Waals surface area contributed by atoms with Gasteiger partial charge in [-0.3, -0.25) is 0 Å². The summed E-state index contributed by atoms with van der Waals surface area (Å²) >= 11 is 0. The Balaban J connectivity index is -0.000000241. The third-order valence-electron chi connectivity index (χ3n) is 1.52. The molecule has 0 rings (SSSR count). The number of allylic oxidation sites excluding steroid dienone is 6. The summed E-state index contributed by atoms with van der Waals surface area (Å²) in [5.41, 5.74) is 0. The van der Waals surface area contributed by atoms with E-state index in [0.29, 0.717) is 11.7 Å². The Morgan fingerprint density at radius 3 is 1.89 bits per heavy atom. The summed E-state index contributed by atoms with van der Waals surface area (Å²) in [7, 11) is 0. The van der Waals surface area contributed by atoms with E-state index in [4.69, 9.17) is 4.74 Å². The van der Waals surface area contributed by atoms with Crippen molar-refractivity contribution in [1.29, 1.82) is 0 Å². The van der Waals surface area contributed by atoms with Gasteiger partial charge in [-0.1, -0.05) is 64.3 Å². The van der Waals surface area contributed by atoms with E-state index in [2.05, 4.69) is 26.3 Å². The smallest absolute Gasteiger partial charge is 0.119 e. The molecule has 0 atom stereocenters. The fourth-order valence-corrected chi connectivity index (χ4v) is 0.466. The van der Waals surface area contributed by atoms with Gasteiger partial charge in [-0.05, 0) is 18.9 Å². The molecule has 0 aromatic carbocycles. The zero-order valence-corrected chi connectivity index (χ0v) is 12.4. The summed E-state index contributed by atoms with van der Waals surface area (Å²) in [6.07, 6.45) is 12.3. The van der Waals surface area contributed by atoms with Crippen molar-refractivity contribution < 1.29 is 4.74 Å². The van der Waals surface area contributed by atoms with Gasteiger partial charge in [0, 0.05) is 0 Å². The zero-order chi connectivity index (χ0) is 14.8. The predicted octanol–water partition coefficient (Wildman–Crippen LogP) is 5.81. The van der Waals surface area contributed by atoms with Gasteiger partial charge in [0.15, 0.2) is 0 Å². The first kappa shape index (κ1) is 21.5. The van der Waals surface area contributed by atoms with Gasteiger partial charge in [0.25, 0.3) is 0 Å². The first-order chi connectivity index (χ1) is 8.62. The summed E-state index contributed by atoms with van der Waals surface area (Å²) in [4.78, 5) is 0. The first-order valence-electron chi connectivity index (χ1n) is 6.13. The van der Waals surface area contributed by atoms with Gasteiger partial charge < -0.3 is 4.74 Å². The van der Waals surface area contributed by atoms with Crippen LogP contribution in [0, 0.1) is 5.92 Å². The highest BCUT2D eigenvalue weighted by atomic mass is 16.5. The van der Waals surface area contributed by atoms with E-state index >= 15 is 0 Å². The second-order valence-electron chi connectivity index (χ2n) is 2.98. The van der Waals surface area contributed by atoms with Crippen molar-refractivity contribution >= 4 is 0 Å². The molecule has 0 amide bonds. The van der Waals surface area contributed by atoms with Crippen LogP contribution in [0.1, 0.15) is 27.7 Å². The molecule has 18 heavy (non-hydrogen) atoms. The lowest BCUT2D eigenvalue weighted by Gasteiger charge is -1.94. The van der Waals surface area contributed by atoms with Crippen molar-refractivity contribution in [2.45, 2.75) is 27.7 Å². The fraction of sp³-hybridized carbons (Fsp3) is 0.294. The molecule has 0 saturated carbocycles. The largest absolute Gasteiger partial charge is 0.466 e. The van der Waals surface area contributed by atoms with E-state index in [1.54, 1.807) is 30.6 Å². The minimum Gasteiger partial charge on any atom is -0.466 e. The molecule has 0 radical (unpaired) electrons. The molecule has 0 saturated heterocycles. The monoisotopic (exact) mass is 248 g/mol. The van der Waals surface area contributed by atoms with Crippen molar-refractivity contribution in [2.24, 2.45) is 5.92 Å². The molecular weight excluding hydrogens is 220 g/mol. The topological polar surface area (TPSA) is 9.23 Å². The molecule has 0 aliphatic rings. The van der Waals surface area contributed by atoms with E-state index in [0.717, 1.165) is 0 Å². The normalized spacial score (nSPS) is 8.94. The summed E-state index contributed by atoms with van der Waals surface area (Å²) < 4.78 is 4.98. The molecule has 0 aliphatic heterocycles. The van der Waals surface area contributed by atoms with Crippen LogP contribution in [0.25, 0.3) is 0 Å². The molecule has 0 heterocycles. The Morgan fingerprint density at radius 2 is 1.61 bits per heavy atom. The van der Waals surface area contributed by atoms with Gasteiger partial charge in [0.1, 0.15) is 5.76 Å². The first-order valence-corrected chi connectivity index (χ1v) is 6.13. The van der Waals surface area contributed by atoms with Crippen LogP contribution < -0.4 is 0 Å². The Hall–Kier alpha value is -1.76. The summed E-state index contributed by atoms with van der Waals surface area (Å²) in [6, 6.07) is 0. The molecule has 0 aromatic rings. The van der Waals surface area contributed by atoms with Gasteiger partial charge >= 0.3 is 0 Å². The van der Waals surface area contributed by atoms with E-state index in [1.165, 1.54) is 0 Å². The maximum absolute atomic E-state index is 4.98. The number of ether oxygens (including phenoxy) is 1. The van der Waals surface area contributed by atoms with E-state index in [1.807, 2.05) is 39.8 Å². The Bertz CT molecular complexity index is 261. The summed E-state index contributed by atoms with van der Waals surface area (Å²) in [6.45, 7) is 22.2. The SMILES string of the molecule is C=C/C=C\C(=C)O/C=C/C.C=CC(C)C=C.CC. The minimum atomic E-state index is 0.463. The van der Waals surface area contributed by atoms with Crippen LogP contribution >= 0.6 is 0 Å². The molecule has 0 aliphatic carbocycles. The highest BCUT2D eigenvalue weighted by Crippen LogP contribution is 1.95. The van der Waals surface area contributed by atoms with Crippen molar-refractivity contribution in [3.8, 4) is 0 Å². The van der Waals surface area contributed by atoms with Crippen LogP contribution in [0.5, 0.6) is 0 Å². The number of rotatable bonds is 6. The Kier molecular flexibility index (Phi) is 24.7. The maximum atomic E-state index is 4.98. The fourth-order valence-electron chi connectivity index (χ4n) is 0.466. The third-order valence-corrected chi connectivity index (χ3v) is 1.52. The van der Waals surface area contributed by atoms with Crippen LogP contribution in [0.4, 0.5) is 0 Å². The minimum absolute atomic E-state index is 0.463. The Labute approximate surface area is 114 Å². The third kappa shape index (κ3) is 23.8. The molecule has 1 nitrogen and oxygen atoms in total. The van der Waals surface area contributed by atoms with Crippen molar-refractivity contribution in [2.75, 3.05) is 0 Å². The molecule has 0 bridgehead atoms. The molecule has 0 unspecified atom stereocenters. The quantitative estimate of drug-likeness (QED) is 0.327. The van der Waals surface area contributed by atoms with Crippen LogP contribution in [0.3, 0.4) is 0 Å². The summed E-state index contributed by atoms with van der Waals surface area (Å²) in [5.74, 6) is 1.07. The average Bonchev–Trinajstić information content (AvgIpc) is 2.44. The molecule has 0 aromatic heterocycles. The maximum Gasteiger partial charge on any atom is 0.119 e. The van der Waals surface area contributed by atoms with Crippen LogP contribution in [-0.4, -0.2) is 0 Å². The van der Waals surface area contributed by atoms with E-state index < -0.39 is 0 Å². The molecular formula is C17H28O. The predicted molar refractivity (Wildman–Crippen MR) is 85.3 cm³/mol. The van der Waals surface area contributed by atoms with Crippen LogP contribution in [0.2, 0.25) is 0 Å². The van der Waals surface area contributed by atoms with Gasteiger partial charge in [0.05, 0.1) is 6.26 Å². The van der Waals surface area contributed by atoms with Crippen molar-refractivity contribution in [3.63, 3.8) is 0 Å². The molecule has 102 valence electrons.